The molecule has 0 saturated carbocycles. The number of nitrogens with one attached hydrogen (secondary N) is 2. The standard InChI is InChI=1S/C15H16N2O6/c18-12-6-5-10(16-12)13(19)17-11(15(22)23)7-8-1-3-9(4-2-8)14(20)21/h1-4,10-11H,5-7H2,(H,16,18)(H,17,19)(H,20,21)(H,22,23)/t10-,11-/m0/s1. The lowest BCUT2D eigenvalue weighted by atomic mass is 10.0. The third-order valence-corrected chi connectivity index (χ3v) is 3.57. The lowest BCUT2D eigenvalue weighted by Crippen LogP contribution is -2.49. The van der Waals surface area contributed by atoms with E-state index in [1.165, 1.54) is 24.3 Å². The molecule has 1 saturated heterocycles. The Morgan fingerprint density at radius 2 is 1.87 bits per heavy atom. The molecule has 0 spiro atoms. The van der Waals surface area contributed by atoms with Gasteiger partial charge in [-0.1, -0.05) is 12.1 Å². The first-order valence-corrected chi connectivity index (χ1v) is 7.01. The molecule has 2 atom stereocenters. The Labute approximate surface area is 131 Å². The predicted molar refractivity (Wildman–Crippen MR) is 77.8 cm³/mol. The normalized spacial score (nSPS) is 18.1. The molecule has 23 heavy (non-hydrogen) atoms. The number of rotatable bonds is 6. The second kappa shape index (κ2) is 6.91. The first-order chi connectivity index (χ1) is 10.9. The number of hydrogen-bond donors (Lipinski definition) is 4. The summed E-state index contributed by atoms with van der Waals surface area (Å²) in [7, 11) is 0. The zero-order chi connectivity index (χ0) is 17.0. The predicted octanol–water partition coefficient (Wildman–Crippen LogP) is -0.225. The van der Waals surface area contributed by atoms with Gasteiger partial charge in [0.2, 0.25) is 11.8 Å². The van der Waals surface area contributed by atoms with Gasteiger partial charge in [0.05, 0.1) is 5.56 Å². The van der Waals surface area contributed by atoms with Crippen molar-refractivity contribution in [2.24, 2.45) is 0 Å². The number of carbonyl (C=O) groups excluding carboxylic acids is 2. The van der Waals surface area contributed by atoms with Crippen molar-refractivity contribution in [1.82, 2.24) is 10.6 Å². The van der Waals surface area contributed by atoms with Crippen LogP contribution in [0.1, 0.15) is 28.8 Å². The number of carboxylic acid groups (broad SMARTS) is 2. The Hall–Kier alpha value is -2.90. The monoisotopic (exact) mass is 320 g/mol. The number of aromatic carboxylic acids is 1. The highest BCUT2D eigenvalue weighted by atomic mass is 16.4. The zero-order valence-corrected chi connectivity index (χ0v) is 12.1. The fourth-order valence-corrected chi connectivity index (χ4v) is 2.30. The molecule has 1 aliphatic heterocycles. The average Bonchev–Trinajstić information content (AvgIpc) is 2.93. The quantitative estimate of drug-likeness (QED) is 0.572. The zero-order valence-electron chi connectivity index (χ0n) is 12.1. The van der Waals surface area contributed by atoms with Gasteiger partial charge in [0, 0.05) is 12.8 Å². The summed E-state index contributed by atoms with van der Waals surface area (Å²) in [5, 5.41) is 22.9. The van der Waals surface area contributed by atoms with E-state index in [-0.39, 0.29) is 24.3 Å². The van der Waals surface area contributed by atoms with Gasteiger partial charge in [-0.05, 0) is 24.1 Å². The Bertz CT molecular complexity index is 640. The van der Waals surface area contributed by atoms with Gasteiger partial charge >= 0.3 is 11.9 Å². The Balaban J connectivity index is 2.01. The summed E-state index contributed by atoms with van der Waals surface area (Å²) in [4.78, 5) is 45.1. The molecule has 1 aromatic carbocycles. The molecule has 0 bridgehead atoms. The number of carbonyl (C=O) groups is 4. The number of aliphatic carboxylic acids is 1. The van der Waals surface area contributed by atoms with Crippen LogP contribution in [0, 0.1) is 0 Å². The fraction of sp³-hybridized carbons (Fsp3) is 0.333. The molecule has 8 nitrogen and oxygen atoms in total. The number of carboxylic acids is 2. The van der Waals surface area contributed by atoms with Crippen LogP contribution in [0.25, 0.3) is 0 Å². The molecule has 0 aromatic heterocycles. The Kier molecular flexibility index (Phi) is 4.95. The van der Waals surface area contributed by atoms with Crippen LogP contribution in [0.15, 0.2) is 24.3 Å². The second-order valence-electron chi connectivity index (χ2n) is 5.26. The minimum absolute atomic E-state index is 0.0155. The van der Waals surface area contributed by atoms with Gasteiger partial charge in [-0.15, -0.1) is 0 Å². The third-order valence-electron chi connectivity index (χ3n) is 3.57. The van der Waals surface area contributed by atoms with Gasteiger partial charge in [0.1, 0.15) is 12.1 Å². The molecule has 4 N–H and O–H groups in total. The maximum absolute atomic E-state index is 12.0. The van der Waals surface area contributed by atoms with Gasteiger partial charge in [0.25, 0.3) is 0 Å². The third kappa shape index (κ3) is 4.29. The van der Waals surface area contributed by atoms with Crippen molar-refractivity contribution < 1.29 is 29.4 Å². The van der Waals surface area contributed by atoms with Gasteiger partial charge in [-0.3, -0.25) is 9.59 Å². The number of benzene rings is 1. The van der Waals surface area contributed by atoms with Crippen LogP contribution < -0.4 is 10.6 Å². The van der Waals surface area contributed by atoms with Gasteiger partial charge in [-0.25, -0.2) is 9.59 Å². The first-order valence-electron chi connectivity index (χ1n) is 7.01. The molecule has 1 aromatic rings. The second-order valence-corrected chi connectivity index (χ2v) is 5.26. The van der Waals surface area contributed by atoms with E-state index < -0.39 is 29.9 Å². The molecule has 1 fully saturated rings. The highest BCUT2D eigenvalue weighted by Gasteiger charge is 2.30. The van der Waals surface area contributed by atoms with Crippen molar-refractivity contribution in [3.8, 4) is 0 Å². The molecule has 1 aliphatic rings. The topological polar surface area (TPSA) is 133 Å². The summed E-state index contributed by atoms with van der Waals surface area (Å²) >= 11 is 0. The van der Waals surface area contributed by atoms with Crippen LogP contribution in [0.4, 0.5) is 0 Å². The van der Waals surface area contributed by atoms with Gasteiger partial charge in [-0.2, -0.15) is 0 Å². The van der Waals surface area contributed by atoms with Crippen LogP contribution in [-0.2, 0) is 20.8 Å². The van der Waals surface area contributed by atoms with E-state index in [2.05, 4.69) is 10.6 Å². The van der Waals surface area contributed by atoms with Crippen molar-refractivity contribution in [1.29, 1.82) is 0 Å². The summed E-state index contributed by atoms with van der Waals surface area (Å²) in [6, 6.07) is 3.88. The van der Waals surface area contributed by atoms with Crippen LogP contribution in [0.2, 0.25) is 0 Å². The van der Waals surface area contributed by atoms with E-state index in [4.69, 9.17) is 5.11 Å². The highest BCUT2D eigenvalue weighted by molar-refractivity contribution is 5.93. The van der Waals surface area contributed by atoms with Crippen LogP contribution in [0.3, 0.4) is 0 Å². The highest BCUT2D eigenvalue weighted by Crippen LogP contribution is 2.10. The van der Waals surface area contributed by atoms with Crippen LogP contribution >= 0.6 is 0 Å². The Morgan fingerprint density at radius 1 is 1.22 bits per heavy atom. The Morgan fingerprint density at radius 3 is 2.35 bits per heavy atom. The molecule has 122 valence electrons. The summed E-state index contributed by atoms with van der Waals surface area (Å²) in [5.41, 5.74) is 0.677. The van der Waals surface area contributed by atoms with Gasteiger partial charge < -0.3 is 20.8 Å². The first kappa shape index (κ1) is 16.5. The minimum Gasteiger partial charge on any atom is -0.480 e. The van der Waals surface area contributed by atoms with Crippen LogP contribution in [-0.4, -0.2) is 46.0 Å². The smallest absolute Gasteiger partial charge is 0.335 e. The van der Waals surface area contributed by atoms with Crippen molar-refractivity contribution in [3.63, 3.8) is 0 Å². The summed E-state index contributed by atoms with van der Waals surface area (Å²) in [5.74, 6) is -3.05. The fourth-order valence-electron chi connectivity index (χ4n) is 2.30. The van der Waals surface area contributed by atoms with Crippen molar-refractivity contribution in [2.45, 2.75) is 31.3 Å². The SMILES string of the molecule is O=C1CC[C@@H](C(=O)N[C@@H](Cc2ccc(C(=O)O)cc2)C(=O)O)N1. The lowest BCUT2D eigenvalue weighted by Gasteiger charge is -2.17. The van der Waals surface area contributed by atoms with E-state index in [0.29, 0.717) is 12.0 Å². The van der Waals surface area contributed by atoms with E-state index in [0.717, 1.165) is 0 Å². The average molecular weight is 320 g/mol. The van der Waals surface area contributed by atoms with Gasteiger partial charge in [0.15, 0.2) is 0 Å². The van der Waals surface area contributed by atoms with Crippen LogP contribution in [0.5, 0.6) is 0 Å². The van der Waals surface area contributed by atoms with E-state index in [1.807, 2.05) is 0 Å². The van der Waals surface area contributed by atoms with Crippen molar-refractivity contribution >= 4 is 23.8 Å². The molecule has 0 unspecified atom stereocenters. The maximum atomic E-state index is 12.0. The molecule has 0 radical (unpaired) electrons. The van der Waals surface area contributed by atoms with E-state index in [1.54, 1.807) is 0 Å². The number of hydrogen-bond acceptors (Lipinski definition) is 4. The van der Waals surface area contributed by atoms with E-state index >= 15 is 0 Å². The maximum Gasteiger partial charge on any atom is 0.335 e. The minimum atomic E-state index is -1.20. The molecule has 1 heterocycles. The summed E-state index contributed by atoms with van der Waals surface area (Å²) in [6.45, 7) is 0. The molecule has 2 amide bonds. The largest absolute Gasteiger partial charge is 0.480 e. The number of amides is 2. The molecular formula is C15H16N2O6. The molecular weight excluding hydrogens is 304 g/mol. The summed E-state index contributed by atoms with van der Waals surface area (Å²) in [6.07, 6.45) is 0.596. The van der Waals surface area contributed by atoms with Crippen molar-refractivity contribution in [3.05, 3.63) is 35.4 Å². The molecule has 2 rings (SSSR count). The molecule has 0 aliphatic carbocycles. The lowest BCUT2D eigenvalue weighted by molar-refractivity contribution is -0.142. The molecule has 8 heteroatoms. The van der Waals surface area contributed by atoms with Crippen molar-refractivity contribution in [2.75, 3.05) is 0 Å². The van der Waals surface area contributed by atoms with E-state index in [9.17, 15) is 24.3 Å². The summed E-state index contributed by atoms with van der Waals surface area (Å²) < 4.78 is 0.